The highest BCUT2D eigenvalue weighted by molar-refractivity contribution is 5.04. The summed E-state index contributed by atoms with van der Waals surface area (Å²) in [5.74, 6) is 0.778. The molecule has 4 heteroatoms. The van der Waals surface area contributed by atoms with Crippen LogP contribution in [0, 0.1) is 0 Å². The lowest BCUT2D eigenvalue weighted by Gasteiger charge is -2.23. The van der Waals surface area contributed by atoms with Crippen LogP contribution in [0.2, 0.25) is 0 Å². The second-order valence-corrected chi connectivity index (χ2v) is 5.34. The van der Waals surface area contributed by atoms with Gasteiger partial charge in [-0.3, -0.25) is 0 Å². The van der Waals surface area contributed by atoms with Gasteiger partial charge >= 0.3 is 0 Å². The van der Waals surface area contributed by atoms with E-state index in [9.17, 15) is 0 Å². The largest absolute Gasteiger partial charge is 0.467 e. The molecule has 0 bridgehead atoms. The summed E-state index contributed by atoms with van der Waals surface area (Å²) in [5, 5.41) is 0. The van der Waals surface area contributed by atoms with Crippen LogP contribution in [0.1, 0.15) is 46.0 Å². The maximum Gasteiger partial charge on any atom is 0.134 e. The van der Waals surface area contributed by atoms with Crippen LogP contribution in [-0.4, -0.2) is 24.9 Å². The van der Waals surface area contributed by atoms with Gasteiger partial charge in [0.2, 0.25) is 0 Å². The van der Waals surface area contributed by atoms with Gasteiger partial charge in [0.1, 0.15) is 11.9 Å². The van der Waals surface area contributed by atoms with Crippen molar-refractivity contribution in [2.24, 2.45) is 5.73 Å². The van der Waals surface area contributed by atoms with Gasteiger partial charge in [-0.25, -0.2) is 0 Å². The Labute approximate surface area is 109 Å². The Morgan fingerprint density at radius 3 is 2.56 bits per heavy atom. The summed E-state index contributed by atoms with van der Waals surface area (Å²) < 4.78 is 16.8. The van der Waals surface area contributed by atoms with Gasteiger partial charge in [-0.1, -0.05) is 6.92 Å². The summed E-state index contributed by atoms with van der Waals surface area (Å²) in [6.45, 7) is 9.17. The van der Waals surface area contributed by atoms with Gasteiger partial charge < -0.3 is 19.6 Å². The van der Waals surface area contributed by atoms with Gasteiger partial charge in [-0.05, 0) is 39.3 Å². The van der Waals surface area contributed by atoms with Crippen LogP contribution in [0.4, 0.5) is 0 Å². The van der Waals surface area contributed by atoms with Crippen molar-refractivity contribution >= 4 is 0 Å². The Balaban J connectivity index is 2.43. The molecule has 0 aliphatic carbocycles. The minimum absolute atomic E-state index is 0.0641. The van der Waals surface area contributed by atoms with E-state index in [4.69, 9.17) is 19.6 Å². The average molecular weight is 255 g/mol. The molecule has 18 heavy (non-hydrogen) atoms. The van der Waals surface area contributed by atoms with Crippen LogP contribution < -0.4 is 5.73 Å². The van der Waals surface area contributed by atoms with E-state index in [1.165, 1.54) is 0 Å². The number of hydrogen-bond acceptors (Lipinski definition) is 4. The monoisotopic (exact) mass is 255 g/mol. The quantitative estimate of drug-likeness (QED) is 0.761. The van der Waals surface area contributed by atoms with Gasteiger partial charge in [0.05, 0.1) is 25.1 Å². The molecule has 2 atom stereocenters. The Morgan fingerprint density at radius 2 is 2.06 bits per heavy atom. The zero-order chi connectivity index (χ0) is 13.6. The summed E-state index contributed by atoms with van der Waals surface area (Å²) in [7, 11) is 0. The highest BCUT2D eigenvalue weighted by Gasteiger charge is 2.22. The molecule has 0 radical (unpaired) electrons. The standard InChI is InChI=1S/C14H25NO3/c1-5-11(15)13(12-7-6-8-16-12)17-9-10-18-14(2,3)4/h6-8,11,13H,5,9-10,15H2,1-4H3. The first-order valence-electron chi connectivity index (χ1n) is 6.48. The zero-order valence-electron chi connectivity index (χ0n) is 11.8. The molecule has 104 valence electrons. The predicted molar refractivity (Wildman–Crippen MR) is 71.4 cm³/mol. The maximum absolute atomic E-state index is 6.05. The van der Waals surface area contributed by atoms with E-state index in [0.717, 1.165) is 12.2 Å². The molecule has 0 aromatic carbocycles. The molecular weight excluding hydrogens is 230 g/mol. The third kappa shape index (κ3) is 5.21. The predicted octanol–water partition coefficient (Wildman–Crippen LogP) is 2.89. The Kier molecular flexibility index (Phi) is 5.85. The van der Waals surface area contributed by atoms with E-state index >= 15 is 0 Å². The molecule has 0 fully saturated rings. The molecule has 1 aromatic rings. The zero-order valence-corrected chi connectivity index (χ0v) is 11.8. The van der Waals surface area contributed by atoms with E-state index in [1.54, 1.807) is 6.26 Å². The van der Waals surface area contributed by atoms with Gasteiger partial charge in [0, 0.05) is 6.04 Å². The average Bonchev–Trinajstić information content (AvgIpc) is 2.80. The molecule has 0 saturated heterocycles. The third-order valence-electron chi connectivity index (χ3n) is 2.60. The van der Waals surface area contributed by atoms with Crippen molar-refractivity contribution in [2.45, 2.75) is 51.9 Å². The van der Waals surface area contributed by atoms with E-state index < -0.39 is 0 Å². The summed E-state index contributed by atoms with van der Waals surface area (Å²) in [6.07, 6.45) is 2.28. The lowest BCUT2D eigenvalue weighted by molar-refractivity contribution is -0.0611. The van der Waals surface area contributed by atoms with Gasteiger partial charge in [0.15, 0.2) is 0 Å². The molecular formula is C14H25NO3. The van der Waals surface area contributed by atoms with Crippen molar-refractivity contribution < 1.29 is 13.9 Å². The smallest absolute Gasteiger partial charge is 0.134 e. The first-order chi connectivity index (χ1) is 8.44. The van der Waals surface area contributed by atoms with Crippen LogP contribution in [-0.2, 0) is 9.47 Å². The van der Waals surface area contributed by atoms with Crippen molar-refractivity contribution in [3.05, 3.63) is 24.2 Å². The fourth-order valence-electron chi connectivity index (χ4n) is 1.61. The highest BCUT2D eigenvalue weighted by atomic mass is 16.5. The van der Waals surface area contributed by atoms with Crippen LogP contribution >= 0.6 is 0 Å². The topological polar surface area (TPSA) is 57.6 Å². The molecule has 1 heterocycles. The highest BCUT2D eigenvalue weighted by Crippen LogP contribution is 2.22. The van der Waals surface area contributed by atoms with Crippen molar-refractivity contribution in [3.63, 3.8) is 0 Å². The number of ether oxygens (including phenoxy) is 2. The number of furan rings is 1. The molecule has 1 aromatic heterocycles. The van der Waals surface area contributed by atoms with Crippen LogP contribution in [0.15, 0.2) is 22.8 Å². The minimum Gasteiger partial charge on any atom is -0.467 e. The van der Waals surface area contributed by atoms with Crippen molar-refractivity contribution in [1.82, 2.24) is 0 Å². The molecule has 4 nitrogen and oxygen atoms in total. The first-order valence-corrected chi connectivity index (χ1v) is 6.48. The van der Waals surface area contributed by atoms with Gasteiger partial charge in [-0.15, -0.1) is 0 Å². The fraction of sp³-hybridized carbons (Fsp3) is 0.714. The van der Waals surface area contributed by atoms with Gasteiger partial charge in [0.25, 0.3) is 0 Å². The normalized spacial score (nSPS) is 15.6. The molecule has 0 saturated carbocycles. The van der Waals surface area contributed by atoms with Crippen molar-refractivity contribution in [2.75, 3.05) is 13.2 Å². The Bertz CT molecular complexity index is 316. The van der Waals surface area contributed by atoms with Gasteiger partial charge in [-0.2, -0.15) is 0 Å². The Hall–Kier alpha value is -0.840. The molecule has 1 rings (SSSR count). The van der Waals surface area contributed by atoms with E-state index in [1.807, 2.05) is 39.8 Å². The van der Waals surface area contributed by atoms with E-state index in [2.05, 4.69) is 0 Å². The molecule has 0 aliphatic heterocycles. The summed E-state index contributed by atoms with van der Waals surface area (Å²) in [6, 6.07) is 3.68. The Morgan fingerprint density at radius 1 is 1.33 bits per heavy atom. The van der Waals surface area contributed by atoms with E-state index in [-0.39, 0.29) is 17.7 Å². The second kappa shape index (κ2) is 6.92. The number of hydrogen-bond donors (Lipinski definition) is 1. The molecule has 0 amide bonds. The molecule has 2 unspecified atom stereocenters. The summed E-state index contributed by atoms with van der Waals surface area (Å²) >= 11 is 0. The molecule has 0 spiro atoms. The van der Waals surface area contributed by atoms with Crippen molar-refractivity contribution in [1.29, 1.82) is 0 Å². The lowest BCUT2D eigenvalue weighted by atomic mass is 10.1. The third-order valence-corrected chi connectivity index (χ3v) is 2.60. The van der Waals surface area contributed by atoms with Crippen LogP contribution in [0.3, 0.4) is 0 Å². The van der Waals surface area contributed by atoms with Crippen LogP contribution in [0.25, 0.3) is 0 Å². The lowest BCUT2D eigenvalue weighted by Crippen LogP contribution is -2.31. The van der Waals surface area contributed by atoms with Crippen LogP contribution in [0.5, 0.6) is 0 Å². The summed E-state index contributed by atoms with van der Waals surface area (Å²) in [4.78, 5) is 0. The van der Waals surface area contributed by atoms with Crippen molar-refractivity contribution in [3.8, 4) is 0 Å². The fourth-order valence-corrected chi connectivity index (χ4v) is 1.61. The summed E-state index contributed by atoms with van der Waals surface area (Å²) in [5.41, 5.74) is 5.91. The first kappa shape index (κ1) is 15.2. The molecule has 0 aliphatic rings. The second-order valence-electron chi connectivity index (χ2n) is 5.34. The maximum atomic E-state index is 6.05. The molecule has 2 N–H and O–H groups in total. The number of nitrogens with two attached hydrogens (primary N) is 1. The minimum atomic E-state index is -0.200. The van der Waals surface area contributed by atoms with E-state index in [0.29, 0.717) is 13.2 Å². The number of rotatable bonds is 7. The SMILES string of the molecule is CCC(N)C(OCCOC(C)(C)C)c1ccco1.